The molecule has 0 aromatic carbocycles. The number of aliphatic hydroxyl groups is 1. The third-order valence-electron chi connectivity index (χ3n) is 9.21. The second-order valence-corrected chi connectivity index (χ2v) is 17.6. The van der Waals surface area contributed by atoms with Crippen molar-refractivity contribution in [3.05, 3.63) is 27.7 Å². The van der Waals surface area contributed by atoms with Gasteiger partial charge in [0.1, 0.15) is 0 Å². The van der Waals surface area contributed by atoms with E-state index in [0.29, 0.717) is 29.1 Å². The summed E-state index contributed by atoms with van der Waals surface area (Å²) in [5, 5.41) is 9.42. The quantitative estimate of drug-likeness (QED) is 0.142. The van der Waals surface area contributed by atoms with Crippen LogP contribution in [-0.4, -0.2) is 21.2 Å². The van der Waals surface area contributed by atoms with E-state index in [4.69, 9.17) is 25.3 Å². The van der Waals surface area contributed by atoms with Crippen LogP contribution >= 0.6 is 25.3 Å². The predicted molar refractivity (Wildman–Crippen MR) is 180 cm³/mol. The van der Waals surface area contributed by atoms with E-state index in [0.717, 1.165) is 44.4 Å². The van der Waals surface area contributed by atoms with Gasteiger partial charge in [0.15, 0.2) is 0 Å². The van der Waals surface area contributed by atoms with Crippen molar-refractivity contribution in [2.75, 3.05) is 6.61 Å². The second kappa shape index (κ2) is 20.2. The van der Waals surface area contributed by atoms with E-state index in [9.17, 15) is 5.11 Å². The Bertz CT molecular complexity index is 662. The van der Waals surface area contributed by atoms with Crippen LogP contribution in [0.15, 0.2) is 0 Å². The third-order valence-corrected chi connectivity index (χ3v) is 10.5. The van der Waals surface area contributed by atoms with Crippen LogP contribution in [-0.2, 0) is 65.4 Å². The molecule has 1 aliphatic carbocycles. The fourth-order valence-electron chi connectivity index (χ4n) is 7.48. The molecule has 1 rings (SSSR count). The fourth-order valence-corrected chi connectivity index (χ4v) is 8.57. The Morgan fingerprint density at radius 2 is 1.50 bits per heavy atom. The number of rotatable bonds is 11. The van der Waals surface area contributed by atoms with E-state index < -0.39 is 0 Å². The Morgan fingerprint density at radius 1 is 0.975 bits per heavy atom. The zero-order valence-corrected chi connectivity index (χ0v) is 36.0. The van der Waals surface area contributed by atoms with Crippen LogP contribution in [0.3, 0.4) is 0 Å². The Labute approximate surface area is 315 Å². The van der Waals surface area contributed by atoms with Crippen LogP contribution in [0.25, 0.3) is 0 Å². The first-order valence-electron chi connectivity index (χ1n) is 15.4. The van der Waals surface area contributed by atoms with Gasteiger partial charge in [0.2, 0.25) is 0 Å². The Balaban J connectivity index is -0.000000652. The van der Waals surface area contributed by atoms with Gasteiger partial charge in [-0.15, -0.1) is 5.41 Å². The molecule has 8 atom stereocenters. The summed E-state index contributed by atoms with van der Waals surface area (Å²) in [4.78, 5) is 0. The molecule has 0 bridgehead atoms. The van der Waals surface area contributed by atoms with Crippen molar-refractivity contribution in [1.29, 1.82) is 0 Å². The van der Waals surface area contributed by atoms with Gasteiger partial charge < -0.3 is 32.8 Å². The molecule has 1 nitrogen and oxygen atoms in total. The SMILES string of the molecule is [CH2-]C(C)CC1([CH2-])CC(C)(C)CCCC(C)CC1(C)S.[CH2-]CC(CC(C)C)(CC(C)CO)C(C)(S)CC([CH2-])C.[Y].[Y]. The summed E-state index contributed by atoms with van der Waals surface area (Å²) >= 11 is 10.1. The monoisotopic (exact) mass is 746 g/mol. The standard InChI is InChI=1S/C18H34S.C17H34OS.2Y/c1-14(2)11-17(6)13-16(4,5)10-8-9-15(3)12-18(17,7)19;1-8-17(10-14(4)5,11-15(6)12-18)16(7,19)9-13(2)3;;/h14-15,19H,1,6,8-13H2,2-5,7H3;13-15,18-19H,1-2,8-12H2,3-7H3;;/q2*-2;;. The molecule has 0 heterocycles. The Hall–Kier alpha value is 2.87. The van der Waals surface area contributed by atoms with E-state index in [1.807, 2.05) is 0 Å². The summed E-state index contributed by atoms with van der Waals surface area (Å²) in [5.74, 6) is 2.48. The minimum atomic E-state index is -0.0936. The fraction of sp³-hybridized carbons (Fsp3) is 0.886. The molecule has 1 fully saturated rings. The van der Waals surface area contributed by atoms with E-state index in [-0.39, 0.29) is 92.3 Å². The molecule has 0 aromatic rings. The van der Waals surface area contributed by atoms with Gasteiger partial charge >= 0.3 is 0 Å². The predicted octanol–water partition coefficient (Wildman–Crippen LogP) is 10.8. The van der Waals surface area contributed by atoms with Crippen molar-refractivity contribution < 1.29 is 70.5 Å². The minimum Gasteiger partial charge on any atom is -0.396 e. The summed E-state index contributed by atoms with van der Waals surface area (Å²) in [7, 11) is 0. The zero-order valence-electron chi connectivity index (χ0n) is 28.5. The summed E-state index contributed by atoms with van der Waals surface area (Å²) in [6, 6.07) is 0. The maximum absolute atomic E-state index is 9.42. The van der Waals surface area contributed by atoms with Crippen molar-refractivity contribution in [3.63, 3.8) is 0 Å². The van der Waals surface area contributed by atoms with Gasteiger partial charge in [-0.1, -0.05) is 101 Å². The molecule has 0 aliphatic heterocycles. The number of thiol groups is 2. The normalized spacial score (nSPS) is 30.3. The van der Waals surface area contributed by atoms with Crippen LogP contribution in [0.5, 0.6) is 0 Å². The van der Waals surface area contributed by atoms with E-state index in [1.165, 1.54) is 25.7 Å². The molecule has 40 heavy (non-hydrogen) atoms. The van der Waals surface area contributed by atoms with E-state index in [1.54, 1.807) is 0 Å². The van der Waals surface area contributed by atoms with Gasteiger partial charge in [-0.2, -0.15) is 43.5 Å². The molecule has 1 N–H and O–H groups in total. The molecule has 1 saturated carbocycles. The molecule has 236 valence electrons. The van der Waals surface area contributed by atoms with Gasteiger partial charge in [0.05, 0.1) is 0 Å². The van der Waals surface area contributed by atoms with Gasteiger partial charge in [-0.3, -0.25) is 0 Å². The van der Waals surface area contributed by atoms with Crippen LogP contribution in [0.4, 0.5) is 0 Å². The molecule has 5 heteroatoms. The van der Waals surface area contributed by atoms with Crippen LogP contribution in [0.1, 0.15) is 133 Å². The molecule has 0 saturated heterocycles. The Kier molecular flexibility index (Phi) is 23.8. The number of hydrogen-bond donors (Lipinski definition) is 3. The van der Waals surface area contributed by atoms with Gasteiger partial charge in [-0.05, 0) is 59.0 Å². The maximum Gasteiger partial charge on any atom is 0.0456 e. The first kappa shape index (κ1) is 47.3. The summed E-state index contributed by atoms with van der Waals surface area (Å²) in [5.41, 5.74) is 0.461. The van der Waals surface area contributed by atoms with Gasteiger partial charge in [0, 0.05) is 76.8 Å². The minimum absolute atomic E-state index is 0. The number of aliphatic hydroxyl groups excluding tert-OH is 1. The average molecular weight is 747 g/mol. The molecular formula is C35H68OS2Y2-4. The molecule has 8 unspecified atom stereocenters. The van der Waals surface area contributed by atoms with Crippen molar-refractivity contribution in [2.45, 2.75) is 143 Å². The van der Waals surface area contributed by atoms with Gasteiger partial charge in [0.25, 0.3) is 0 Å². The Morgan fingerprint density at radius 3 is 1.90 bits per heavy atom. The third kappa shape index (κ3) is 15.9. The molecule has 0 spiro atoms. The van der Waals surface area contributed by atoms with Crippen molar-refractivity contribution in [2.24, 2.45) is 45.8 Å². The smallest absolute Gasteiger partial charge is 0.0456 e. The zero-order chi connectivity index (χ0) is 30.2. The topological polar surface area (TPSA) is 20.2 Å². The first-order chi connectivity index (χ1) is 17.1. The van der Waals surface area contributed by atoms with Crippen molar-refractivity contribution >= 4 is 25.3 Å². The molecule has 1 aliphatic rings. The summed E-state index contributed by atoms with van der Waals surface area (Å²) in [6.07, 6.45) is 11.3. The maximum atomic E-state index is 9.42. The van der Waals surface area contributed by atoms with Crippen LogP contribution < -0.4 is 0 Å². The second-order valence-electron chi connectivity index (χ2n) is 15.6. The number of hydrogen-bond acceptors (Lipinski definition) is 3. The first-order valence-corrected chi connectivity index (χ1v) is 16.3. The summed E-state index contributed by atoms with van der Waals surface area (Å²) in [6.45, 7) is 40.2. The molecule has 0 amide bonds. The van der Waals surface area contributed by atoms with Gasteiger partial charge in [-0.25, -0.2) is 0 Å². The average Bonchev–Trinajstić information content (AvgIpc) is 2.72. The van der Waals surface area contributed by atoms with Crippen molar-refractivity contribution in [1.82, 2.24) is 0 Å². The van der Waals surface area contributed by atoms with Crippen molar-refractivity contribution in [3.8, 4) is 0 Å². The van der Waals surface area contributed by atoms with E-state index >= 15 is 0 Å². The molecular weight excluding hydrogens is 678 g/mol. The summed E-state index contributed by atoms with van der Waals surface area (Å²) < 4.78 is -0.0937. The molecule has 0 aromatic heterocycles. The largest absolute Gasteiger partial charge is 0.396 e. The molecule has 2 radical (unpaired) electrons. The van der Waals surface area contributed by atoms with Crippen LogP contribution in [0, 0.1) is 73.5 Å². The van der Waals surface area contributed by atoms with Crippen LogP contribution in [0.2, 0.25) is 0 Å². The van der Waals surface area contributed by atoms with E-state index in [2.05, 4.69) is 96.9 Å².